The molecule has 17 heavy (non-hydrogen) atoms. The molecule has 0 heterocycles. The molecule has 1 amide bonds. The molecule has 3 heteroatoms. The number of rotatable bonds is 5. The van der Waals surface area contributed by atoms with Crippen molar-refractivity contribution in [1.82, 2.24) is 0 Å². The maximum atomic E-state index is 11.8. The van der Waals surface area contributed by atoms with Gasteiger partial charge >= 0.3 is 0 Å². The van der Waals surface area contributed by atoms with Crippen molar-refractivity contribution >= 4 is 11.6 Å². The number of unbranched alkanes of at least 4 members (excludes halogenated alkanes) is 1. The molecule has 0 radical (unpaired) electrons. The Morgan fingerprint density at radius 3 is 2.76 bits per heavy atom. The van der Waals surface area contributed by atoms with E-state index >= 15 is 0 Å². The minimum absolute atomic E-state index is 0.0906. The van der Waals surface area contributed by atoms with Crippen molar-refractivity contribution in [1.29, 1.82) is 0 Å². The molecule has 0 aliphatic heterocycles. The average Bonchev–Trinajstić information content (AvgIpc) is 2.30. The van der Waals surface area contributed by atoms with E-state index in [9.17, 15) is 4.79 Å². The smallest absolute Gasteiger partial charge is 0.241 e. The Balaban J connectivity index is 2.64. The number of aryl methyl sites for hydroxylation is 2. The minimum atomic E-state index is -0.408. The van der Waals surface area contributed by atoms with Crippen LogP contribution in [0, 0.1) is 13.8 Å². The summed E-state index contributed by atoms with van der Waals surface area (Å²) < 4.78 is 0. The number of anilines is 1. The number of nitrogens with one attached hydrogen (secondary N) is 1. The Kier molecular flexibility index (Phi) is 5.16. The summed E-state index contributed by atoms with van der Waals surface area (Å²) in [5.74, 6) is -0.0906. The number of amides is 1. The van der Waals surface area contributed by atoms with Gasteiger partial charge in [0.05, 0.1) is 6.04 Å². The molecule has 0 aliphatic carbocycles. The quantitative estimate of drug-likeness (QED) is 0.823. The van der Waals surface area contributed by atoms with Gasteiger partial charge in [-0.1, -0.05) is 31.9 Å². The summed E-state index contributed by atoms with van der Waals surface area (Å²) in [5.41, 5.74) is 8.88. The monoisotopic (exact) mass is 234 g/mol. The van der Waals surface area contributed by atoms with Crippen LogP contribution in [0.2, 0.25) is 0 Å². The molecule has 1 unspecified atom stereocenters. The van der Waals surface area contributed by atoms with Gasteiger partial charge in [0.1, 0.15) is 0 Å². The van der Waals surface area contributed by atoms with Gasteiger partial charge in [-0.15, -0.1) is 0 Å². The van der Waals surface area contributed by atoms with Crippen molar-refractivity contribution < 1.29 is 4.79 Å². The lowest BCUT2D eigenvalue weighted by atomic mass is 10.1. The summed E-state index contributed by atoms with van der Waals surface area (Å²) in [4.78, 5) is 11.8. The third-order valence-corrected chi connectivity index (χ3v) is 2.86. The third kappa shape index (κ3) is 4.19. The first kappa shape index (κ1) is 13.7. The Hall–Kier alpha value is -1.35. The molecule has 0 bridgehead atoms. The van der Waals surface area contributed by atoms with Crippen molar-refractivity contribution in [2.24, 2.45) is 5.73 Å². The molecule has 1 aromatic carbocycles. The van der Waals surface area contributed by atoms with Crippen LogP contribution in [0.25, 0.3) is 0 Å². The Bertz CT molecular complexity index is 388. The second kappa shape index (κ2) is 6.40. The number of carbonyl (C=O) groups excluding carboxylic acids is 1. The van der Waals surface area contributed by atoms with Crippen LogP contribution in [0.4, 0.5) is 5.69 Å². The zero-order chi connectivity index (χ0) is 12.8. The van der Waals surface area contributed by atoms with Gasteiger partial charge in [-0.3, -0.25) is 4.79 Å². The first-order chi connectivity index (χ1) is 8.04. The van der Waals surface area contributed by atoms with E-state index in [0.717, 1.165) is 36.1 Å². The fourth-order valence-corrected chi connectivity index (χ4v) is 1.65. The topological polar surface area (TPSA) is 55.1 Å². The first-order valence-electron chi connectivity index (χ1n) is 6.18. The van der Waals surface area contributed by atoms with Gasteiger partial charge in [-0.25, -0.2) is 0 Å². The van der Waals surface area contributed by atoms with Crippen LogP contribution in [0.15, 0.2) is 18.2 Å². The molecule has 1 rings (SSSR count). The summed E-state index contributed by atoms with van der Waals surface area (Å²) >= 11 is 0. The van der Waals surface area contributed by atoms with E-state index < -0.39 is 6.04 Å². The van der Waals surface area contributed by atoms with Gasteiger partial charge in [-0.2, -0.15) is 0 Å². The van der Waals surface area contributed by atoms with E-state index in [4.69, 9.17) is 5.73 Å². The molecule has 0 saturated heterocycles. The van der Waals surface area contributed by atoms with Crippen molar-refractivity contribution in [2.45, 2.75) is 46.1 Å². The molecule has 0 spiro atoms. The van der Waals surface area contributed by atoms with Crippen LogP contribution in [-0.4, -0.2) is 11.9 Å². The van der Waals surface area contributed by atoms with Gasteiger partial charge in [0.15, 0.2) is 0 Å². The lowest BCUT2D eigenvalue weighted by Gasteiger charge is -2.13. The van der Waals surface area contributed by atoms with E-state index in [-0.39, 0.29) is 5.91 Å². The van der Waals surface area contributed by atoms with Crippen molar-refractivity contribution in [3.63, 3.8) is 0 Å². The van der Waals surface area contributed by atoms with E-state index in [0.29, 0.717) is 0 Å². The third-order valence-electron chi connectivity index (χ3n) is 2.86. The molecule has 0 aliphatic rings. The fraction of sp³-hybridized carbons (Fsp3) is 0.500. The molecular weight excluding hydrogens is 212 g/mol. The van der Waals surface area contributed by atoms with Crippen LogP contribution in [0.3, 0.4) is 0 Å². The Labute approximate surface area is 103 Å². The molecule has 0 fully saturated rings. The molecule has 0 aromatic heterocycles. The summed E-state index contributed by atoms with van der Waals surface area (Å²) in [7, 11) is 0. The SMILES string of the molecule is CCCCC(N)C(=O)Nc1cc(C)ccc1C. The van der Waals surface area contributed by atoms with Crippen LogP contribution < -0.4 is 11.1 Å². The van der Waals surface area contributed by atoms with Crippen molar-refractivity contribution in [3.8, 4) is 0 Å². The predicted octanol–water partition coefficient (Wildman–Crippen LogP) is 2.76. The number of hydrogen-bond donors (Lipinski definition) is 2. The summed E-state index contributed by atoms with van der Waals surface area (Å²) in [6, 6.07) is 5.60. The van der Waals surface area contributed by atoms with E-state index in [1.165, 1.54) is 0 Å². The van der Waals surface area contributed by atoms with E-state index in [1.807, 2.05) is 32.0 Å². The summed E-state index contributed by atoms with van der Waals surface area (Å²) in [5, 5.41) is 2.90. The maximum Gasteiger partial charge on any atom is 0.241 e. The highest BCUT2D eigenvalue weighted by molar-refractivity contribution is 5.95. The molecule has 3 N–H and O–H groups in total. The molecule has 0 saturated carbocycles. The van der Waals surface area contributed by atoms with Crippen molar-refractivity contribution in [2.75, 3.05) is 5.32 Å². The van der Waals surface area contributed by atoms with Gasteiger partial charge in [-0.05, 0) is 37.5 Å². The second-order valence-electron chi connectivity index (χ2n) is 4.56. The Morgan fingerprint density at radius 2 is 2.12 bits per heavy atom. The predicted molar refractivity (Wildman–Crippen MR) is 72.0 cm³/mol. The number of benzene rings is 1. The van der Waals surface area contributed by atoms with Gasteiger partial charge < -0.3 is 11.1 Å². The largest absolute Gasteiger partial charge is 0.324 e. The van der Waals surface area contributed by atoms with Crippen LogP contribution in [0.5, 0.6) is 0 Å². The van der Waals surface area contributed by atoms with Gasteiger partial charge in [0.25, 0.3) is 0 Å². The van der Waals surface area contributed by atoms with Gasteiger partial charge in [0.2, 0.25) is 5.91 Å². The van der Waals surface area contributed by atoms with Gasteiger partial charge in [0, 0.05) is 5.69 Å². The zero-order valence-corrected chi connectivity index (χ0v) is 10.9. The molecule has 1 atom stereocenters. The number of hydrogen-bond acceptors (Lipinski definition) is 2. The molecule has 1 aromatic rings. The standard InChI is InChI=1S/C14H22N2O/c1-4-5-6-12(15)14(17)16-13-9-10(2)7-8-11(13)3/h7-9,12H,4-6,15H2,1-3H3,(H,16,17). The van der Waals surface area contributed by atoms with E-state index in [1.54, 1.807) is 0 Å². The van der Waals surface area contributed by atoms with Crippen LogP contribution in [-0.2, 0) is 4.79 Å². The maximum absolute atomic E-state index is 11.8. The number of nitrogens with two attached hydrogens (primary N) is 1. The average molecular weight is 234 g/mol. The summed E-state index contributed by atoms with van der Waals surface area (Å²) in [6.45, 7) is 6.08. The van der Waals surface area contributed by atoms with Crippen LogP contribution >= 0.6 is 0 Å². The highest BCUT2D eigenvalue weighted by atomic mass is 16.2. The van der Waals surface area contributed by atoms with E-state index in [2.05, 4.69) is 12.2 Å². The normalized spacial score (nSPS) is 12.2. The summed E-state index contributed by atoms with van der Waals surface area (Å²) in [6.07, 6.45) is 2.79. The lowest BCUT2D eigenvalue weighted by molar-refractivity contribution is -0.117. The minimum Gasteiger partial charge on any atom is -0.324 e. The number of carbonyl (C=O) groups is 1. The highest BCUT2D eigenvalue weighted by Crippen LogP contribution is 2.16. The molecule has 94 valence electrons. The molecular formula is C14H22N2O. The fourth-order valence-electron chi connectivity index (χ4n) is 1.65. The second-order valence-corrected chi connectivity index (χ2v) is 4.56. The highest BCUT2D eigenvalue weighted by Gasteiger charge is 2.13. The van der Waals surface area contributed by atoms with Crippen molar-refractivity contribution in [3.05, 3.63) is 29.3 Å². The Morgan fingerprint density at radius 1 is 1.41 bits per heavy atom. The zero-order valence-electron chi connectivity index (χ0n) is 10.9. The first-order valence-corrected chi connectivity index (χ1v) is 6.18. The lowest BCUT2D eigenvalue weighted by Crippen LogP contribution is -2.35. The molecule has 3 nitrogen and oxygen atoms in total. The van der Waals surface area contributed by atoms with Crippen LogP contribution in [0.1, 0.15) is 37.3 Å².